The Morgan fingerprint density at radius 2 is 2.08 bits per heavy atom. The molecule has 6 nitrogen and oxygen atoms in total. The second-order valence-corrected chi connectivity index (χ2v) is 7.52. The van der Waals surface area contributed by atoms with Crippen LogP contribution in [0.4, 0.5) is 5.69 Å². The molecule has 0 bridgehead atoms. The third kappa shape index (κ3) is 2.75. The van der Waals surface area contributed by atoms with Crippen molar-refractivity contribution in [2.75, 3.05) is 11.2 Å². The van der Waals surface area contributed by atoms with Crippen molar-refractivity contribution in [2.45, 2.75) is 25.2 Å². The Morgan fingerprint density at radius 1 is 1.27 bits per heavy atom. The van der Waals surface area contributed by atoms with Crippen LogP contribution in [0.2, 0.25) is 0 Å². The standard InChI is InChI=1S/C18H16N4O2S2/c1-10-8-9-26-15(10)17-22(11(2)23)13-7-5-4-6-12(13)14-16(24-17)19-18(25-3)21-20-14/h4-9,17H,1-3H3/t17-/m0/s1. The van der Waals surface area contributed by atoms with Gasteiger partial charge in [-0.3, -0.25) is 9.69 Å². The number of para-hydroxylation sites is 1. The minimum absolute atomic E-state index is 0.110. The van der Waals surface area contributed by atoms with E-state index in [2.05, 4.69) is 15.2 Å². The number of aromatic nitrogens is 3. The SMILES string of the molecule is CSc1nnc2c(n1)O[C@@H](c1sccc1C)N(C(C)=O)c1ccccc1-2. The summed E-state index contributed by atoms with van der Waals surface area (Å²) < 4.78 is 6.27. The second kappa shape index (κ2) is 6.69. The molecule has 132 valence electrons. The summed E-state index contributed by atoms with van der Waals surface area (Å²) in [4.78, 5) is 19.7. The van der Waals surface area contributed by atoms with Gasteiger partial charge < -0.3 is 4.74 Å². The zero-order chi connectivity index (χ0) is 18.3. The maximum absolute atomic E-state index is 12.6. The van der Waals surface area contributed by atoms with Crippen LogP contribution in [0.5, 0.6) is 5.88 Å². The molecule has 1 atom stereocenters. The van der Waals surface area contributed by atoms with Gasteiger partial charge in [0.15, 0.2) is 5.69 Å². The highest BCUT2D eigenvalue weighted by Gasteiger charge is 2.35. The maximum Gasteiger partial charge on any atom is 0.247 e. The van der Waals surface area contributed by atoms with Crippen LogP contribution in [-0.2, 0) is 4.79 Å². The lowest BCUT2D eigenvalue weighted by Crippen LogP contribution is -2.35. The molecule has 0 saturated carbocycles. The van der Waals surface area contributed by atoms with Crippen LogP contribution in [-0.4, -0.2) is 27.3 Å². The molecule has 1 aromatic carbocycles. The summed E-state index contributed by atoms with van der Waals surface area (Å²) in [6, 6.07) is 9.63. The number of benzene rings is 1. The molecular weight excluding hydrogens is 368 g/mol. The van der Waals surface area contributed by atoms with E-state index in [0.717, 1.165) is 21.7 Å². The third-order valence-electron chi connectivity index (χ3n) is 4.16. The van der Waals surface area contributed by atoms with Crippen LogP contribution in [0.25, 0.3) is 11.3 Å². The smallest absolute Gasteiger partial charge is 0.247 e. The molecule has 1 aliphatic rings. The molecule has 8 heteroatoms. The van der Waals surface area contributed by atoms with Gasteiger partial charge in [-0.2, -0.15) is 4.98 Å². The summed E-state index contributed by atoms with van der Waals surface area (Å²) in [5.74, 6) is 0.277. The van der Waals surface area contributed by atoms with Crippen LogP contribution >= 0.6 is 23.1 Å². The van der Waals surface area contributed by atoms with Crippen LogP contribution in [0.1, 0.15) is 23.6 Å². The van der Waals surface area contributed by atoms with Gasteiger partial charge in [-0.05, 0) is 36.3 Å². The first kappa shape index (κ1) is 17.0. The lowest BCUT2D eigenvalue weighted by molar-refractivity contribution is -0.118. The zero-order valence-corrected chi connectivity index (χ0v) is 16.1. The van der Waals surface area contributed by atoms with Crippen LogP contribution < -0.4 is 9.64 Å². The molecule has 1 amide bonds. The van der Waals surface area contributed by atoms with Gasteiger partial charge in [0.05, 0.1) is 10.6 Å². The number of rotatable bonds is 2. The average molecular weight is 384 g/mol. The highest BCUT2D eigenvalue weighted by Crippen LogP contribution is 2.44. The number of carbonyl (C=O) groups excluding carboxylic acids is 1. The summed E-state index contributed by atoms with van der Waals surface area (Å²) in [7, 11) is 0. The normalized spacial score (nSPS) is 15.7. The largest absolute Gasteiger partial charge is 0.446 e. The van der Waals surface area contributed by atoms with E-state index in [9.17, 15) is 4.79 Å². The number of aryl methyl sites for hydroxylation is 1. The lowest BCUT2D eigenvalue weighted by atomic mass is 10.1. The highest BCUT2D eigenvalue weighted by atomic mass is 32.2. The van der Waals surface area contributed by atoms with E-state index in [-0.39, 0.29) is 5.91 Å². The number of fused-ring (bicyclic) bond motifs is 3. The molecule has 0 radical (unpaired) electrons. The second-order valence-electron chi connectivity index (χ2n) is 5.80. The summed E-state index contributed by atoms with van der Waals surface area (Å²) in [6.07, 6.45) is 1.29. The number of anilines is 1. The topological polar surface area (TPSA) is 68.2 Å². The first-order chi connectivity index (χ1) is 12.6. The number of nitrogens with zero attached hydrogens (tertiary/aromatic N) is 4. The van der Waals surface area contributed by atoms with E-state index in [0.29, 0.717) is 16.7 Å². The fourth-order valence-corrected chi connectivity index (χ4v) is 4.19. The minimum atomic E-state index is -0.596. The third-order valence-corrected chi connectivity index (χ3v) is 5.75. The zero-order valence-electron chi connectivity index (χ0n) is 14.5. The molecule has 4 rings (SSSR count). The fourth-order valence-electron chi connectivity index (χ4n) is 2.95. The molecule has 3 aromatic rings. The van der Waals surface area contributed by atoms with Crippen molar-refractivity contribution in [2.24, 2.45) is 0 Å². The Labute approximate surface area is 159 Å². The lowest BCUT2D eigenvalue weighted by Gasteiger charge is -2.29. The Morgan fingerprint density at radius 3 is 2.77 bits per heavy atom. The molecule has 0 fully saturated rings. The molecular formula is C18H16N4O2S2. The summed E-state index contributed by atoms with van der Waals surface area (Å²) in [6.45, 7) is 3.55. The molecule has 1 aliphatic heterocycles. The summed E-state index contributed by atoms with van der Waals surface area (Å²) in [5, 5.41) is 11.0. The molecule has 0 unspecified atom stereocenters. The number of carbonyl (C=O) groups is 1. The first-order valence-electron chi connectivity index (χ1n) is 7.98. The van der Waals surface area contributed by atoms with E-state index >= 15 is 0 Å². The van der Waals surface area contributed by atoms with E-state index in [1.165, 1.54) is 11.8 Å². The summed E-state index contributed by atoms with van der Waals surface area (Å²) in [5.41, 5.74) is 3.13. The average Bonchev–Trinajstić information content (AvgIpc) is 3.00. The monoisotopic (exact) mass is 384 g/mol. The molecule has 0 N–H and O–H groups in total. The highest BCUT2D eigenvalue weighted by molar-refractivity contribution is 7.98. The van der Waals surface area contributed by atoms with Crippen molar-refractivity contribution in [1.82, 2.24) is 15.2 Å². The maximum atomic E-state index is 12.6. The Balaban J connectivity index is 1.99. The predicted molar refractivity (Wildman–Crippen MR) is 103 cm³/mol. The van der Waals surface area contributed by atoms with Gasteiger partial charge in [-0.1, -0.05) is 30.0 Å². The number of amides is 1. The number of hydrogen-bond donors (Lipinski definition) is 0. The number of thiophene rings is 1. The number of ether oxygens (including phenoxy) is 1. The predicted octanol–water partition coefficient (Wildman–Crippen LogP) is 4.07. The quantitative estimate of drug-likeness (QED) is 0.620. The van der Waals surface area contributed by atoms with Crippen molar-refractivity contribution >= 4 is 34.7 Å². The molecule has 0 aliphatic carbocycles. The van der Waals surface area contributed by atoms with Crippen LogP contribution in [0.15, 0.2) is 40.9 Å². The van der Waals surface area contributed by atoms with Gasteiger partial charge in [-0.15, -0.1) is 21.5 Å². The number of hydrogen-bond acceptors (Lipinski definition) is 7. The first-order valence-corrected chi connectivity index (χ1v) is 10.1. The molecule has 2 aromatic heterocycles. The van der Waals surface area contributed by atoms with Crippen molar-refractivity contribution in [1.29, 1.82) is 0 Å². The van der Waals surface area contributed by atoms with Gasteiger partial charge >= 0.3 is 0 Å². The van der Waals surface area contributed by atoms with Crippen molar-refractivity contribution in [3.8, 4) is 17.1 Å². The van der Waals surface area contributed by atoms with Gasteiger partial charge in [-0.25, -0.2) is 0 Å². The van der Waals surface area contributed by atoms with Gasteiger partial charge in [0.25, 0.3) is 0 Å². The van der Waals surface area contributed by atoms with Crippen molar-refractivity contribution in [3.05, 3.63) is 46.2 Å². The minimum Gasteiger partial charge on any atom is -0.446 e. The summed E-state index contributed by atoms with van der Waals surface area (Å²) >= 11 is 2.95. The molecule has 0 spiro atoms. The Kier molecular flexibility index (Phi) is 4.37. The van der Waals surface area contributed by atoms with Crippen LogP contribution in [0.3, 0.4) is 0 Å². The van der Waals surface area contributed by atoms with Gasteiger partial charge in [0.2, 0.25) is 23.2 Å². The molecule has 26 heavy (non-hydrogen) atoms. The fraction of sp³-hybridized carbons (Fsp3) is 0.222. The van der Waals surface area contributed by atoms with E-state index in [1.807, 2.05) is 48.9 Å². The Hall–Kier alpha value is -2.45. The van der Waals surface area contributed by atoms with E-state index in [1.54, 1.807) is 23.2 Å². The molecule has 0 saturated heterocycles. The van der Waals surface area contributed by atoms with E-state index in [4.69, 9.17) is 4.74 Å². The van der Waals surface area contributed by atoms with Gasteiger partial charge in [0, 0.05) is 12.5 Å². The van der Waals surface area contributed by atoms with Crippen LogP contribution in [0, 0.1) is 6.92 Å². The Bertz CT molecular complexity index is 989. The number of thioether (sulfide) groups is 1. The van der Waals surface area contributed by atoms with Crippen molar-refractivity contribution < 1.29 is 9.53 Å². The van der Waals surface area contributed by atoms with E-state index < -0.39 is 6.23 Å². The van der Waals surface area contributed by atoms with Gasteiger partial charge in [0.1, 0.15) is 0 Å². The van der Waals surface area contributed by atoms with Crippen molar-refractivity contribution in [3.63, 3.8) is 0 Å². The molecule has 3 heterocycles.